The predicted octanol–water partition coefficient (Wildman–Crippen LogP) is 1.71. The van der Waals surface area contributed by atoms with Crippen LogP contribution in [-0.4, -0.2) is 20.6 Å². The molecule has 2 rings (SSSR count). The lowest BCUT2D eigenvalue weighted by Gasteiger charge is -2.05. The Morgan fingerprint density at radius 2 is 2.06 bits per heavy atom. The molecule has 0 amide bonds. The number of carboxylic acids is 1. The molecule has 0 spiro atoms. The summed E-state index contributed by atoms with van der Waals surface area (Å²) < 4.78 is 1.75. The van der Waals surface area contributed by atoms with Gasteiger partial charge in [-0.3, -0.25) is 4.79 Å². The first-order valence-corrected chi connectivity index (χ1v) is 5.44. The van der Waals surface area contributed by atoms with E-state index in [2.05, 4.69) is 4.98 Å². The van der Waals surface area contributed by atoms with Crippen molar-refractivity contribution in [2.75, 3.05) is 5.73 Å². The van der Waals surface area contributed by atoms with Crippen LogP contribution in [-0.2, 0) is 11.3 Å². The maximum absolute atomic E-state index is 10.6. The van der Waals surface area contributed by atoms with E-state index < -0.39 is 5.97 Å². The van der Waals surface area contributed by atoms with Crippen molar-refractivity contribution in [3.8, 4) is 0 Å². The van der Waals surface area contributed by atoms with Crippen LogP contribution >= 0.6 is 0 Å². The van der Waals surface area contributed by atoms with E-state index in [0.717, 1.165) is 22.2 Å². The van der Waals surface area contributed by atoms with E-state index in [1.807, 2.05) is 26.0 Å². The highest BCUT2D eigenvalue weighted by atomic mass is 16.4. The van der Waals surface area contributed by atoms with Crippen LogP contribution in [0, 0.1) is 13.8 Å². The number of aryl methyl sites for hydroxylation is 3. The predicted molar refractivity (Wildman–Crippen MR) is 65.9 cm³/mol. The summed E-state index contributed by atoms with van der Waals surface area (Å²) in [4.78, 5) is 14.8. The molecule has 0 aliphatic heterocycles. The lowest BCUT2D eigenvalue weighted by Crippen LogP contribution is -2.07. The molecule has 0 radical (unpaired) electrons. The first-order chi connectivity index (χ1) is 7.99. The zero-order chi connectivity index (χ0) is 12.6. The Kier molecular flexibility index (Phi) is 2.75. The highest BCUT2D eigenvalue weighted by Crippen LogP contribution is 2.22. The van der Waals surface area contributed by atoms with Crippen molar-refractivity contribution < 1.29 is 9.90 Å². The number of nitrogens with zero attached hydrogens (tertiary/aromatic N) is 2. The summed E-state index contributed by atoms with van der Waals surface area (Å²) in [7, 11) is 0. The van der Waals surface area contributed by atoms with Crippen LogP contribution in [0.1, 0.15) is 17.5 Å². The lowest BCUT2D eigenvalue weighted by atomic mass is 10.1. The number of imidazole rings is 1. The zero-order valence-electron chi connectivity index (χ0n) is 9.90. The molecule has 5 heteroatoms. The van der Waals surface area contributed by atoms with Gasteiger partial charge in [-0.1, -0.05) is 0 Å². The summed E-state index contributed by atoms with van der Waals surface area (Å²) in [6.07, 6.45) is 0.0442. The minimum absolute atomic E-state index is 0.0442. The van der Waals surface area contributed by atoms with Gasteiger partial charge in [0.15, 0.2) is 0 Å². The smallest absolute Gasteiger partial charge is 0.305 e. The van der Waals surface area contributed by atoms with Gasteiger partial charge in [0.25, 0.3) is 0 Å². The number of nitrogens with two attached hydrogens (primary N) is 1. The Labute approximate surface area is 98.9 Å². The van der Waals surface area contributed by atoms with Crippen LogP contribution in [0.3, 0.4) is 0 Å². The van der Waals surface area contributed by atoms with Crippen molar-refractivity contribution in [1.29, 1.82) is 0 Å². The fourth-order valence-electron chi connectivity index (χ4n) is 1.84. The highest BCUT2D eigenvalue weighted by molar-refractivity contribution is 5.80. The van der Waals surface area contributed by atoms with Crippen LogP contribution in [0.15, 0.2) is 12.1 Å². The molecule has 17 heavy (non-hydrogen) atoms. The van der Waals surface area contributed by atoms with Gasteiger partial charge in [0, 0.05) is 6.54 Å². The Hall–Kier alpha value is -2.04. The van der Waals surface area contributed by atoms with Gasteiger partial charge in [-0.2, -0.15) is 0 Å². The minimum Gasteiger partial charge on any atom is -0.481 e. The number of anilines is 1. The number of rotatable bonds is 3. The number of hydrogen-bond donors (Lipinski definition) is 2. The summed E-state index contributed by atoms with van der Waals surface area (Å²) >= 11 is 0. The summed E-state index contributed by atoms with van der Waals surface area (Å²) in [6, 6.07) is 3.97. The normalized spacial score (nSPS) is 10.9. The number of benzene rings is 1. The number of aromatic nitrogens is 2. The monoisotopic (exact) mass is 233 g/mol. The molecule has 0 aliphatic rings. The number of hydrogen-bond acceptors (Lipinski definition) is 3. The van der Waals surface area contributed by atoms with Gasteiger partial charge in [-0.15, -0.1) is 0 Å². The quantitative estimate of drug-likeness (QED) is 0.845. The van der Waals surface area contributed by atoms with Crippen molar-refractivity contribution in [2.24, 2.45) is 0 Å². The highest BCUT2D eigenvalue weighted by Gasteiger charge is 2.10. The lowest BCUT2D eigenvalue weighted by molar-refractivity contribution is -0.137. The fourth-order valence-corrected chi connectivity index (χ4v) is 1.84. The topological polar surface area (TPSA) is 81.1 Å². The van der Waals surface area contributed by atoms with Crippen molar-refractivity contribution in [3.63, 3.8) is 0 Å². The van der Waals surface area contributed by atoms with E-state index in [0.29, 0.717) is 12.5 Å². The largest absolute Gasteiger partial charge is 0.481 e. The maximum Gasteiger partial charge on any atom is 0.305 e. The first kappa shape index (κ1) is 11.4. The van der Waals surface area contributed by atoms with E-state index in [4.69, 9.17) is 10.8 Å². The van der Waals surface area contributed by atoms with E-state index in [1.54, 1.807) is 4.57 Å². The zero-order valence-corrected chi connectivity index (χ0v) is 9.90. The molecule has 0 bridgehead atoms. The Balaban J connectivity index is 2.50. The molecule has 0 unspecified atom stereocenters. The number of fused-ring (bicyclic) bond motifs is 1. The minimum atomic E-state index is -0.838. The van der Waals surface area contributed by atoms with Crippen molar-refractivity contribution in [2.45, 2.75) is 26.8 Å². The van der Waals surface area contributed by atoms with E-state index in [-0.39, 0.29) is 6.42 Å². The molecule has 3 N–H and O–H groups in total. The molecule has 0 saturated heterocycles. The van der Waals surface area contributed by atoms with E-state index in [1.165, 1.54) is 0 Å². The molecule has 0 atom stereocenters. The van der Waals surface area contributed by atoms with Gasteiger partial charge in [-0.05, 0) is 37.1 Å². The molecule has 1 heterocycles. The molecule has 0 fully saturated rings. The summed E-state index contributed by atoms with van der Waals surface area (Å²) in [5.41, 5.74) is 9.81. The molecule has 0 saturated carbocycles. The first-order valence-electron chi connectivity index (χ1n) is 5.44. The summed E-state index contributed by atoms with van der Waals surface area (Å²) in [5, 5.41) is 8.70. The van der Waals surface area contributed by atoms with Crippen LogP contribution < -0.4 is 5.73 Å². The molecule has 0 aliphatic carbocycles. The standard InChI is InChI=1S/C12H15N3O2/c1-7-5-9-10(6-8(7)2)15(12(13)14-9)4-3-11(16)17/h5-6H,3-4H2,1-2H3,(H2,13,14)(H,16,17). The molecule has 1 aromatic carbocycles. The molecule has 5 nitrogen and oxygen atoms in total. The second-order valence-corrected chi connectivity index (χ2v) is 4.19. The van der Waals surface area contributed by atoms with Gasteiger partial charge in [-0.25, -0.2) is 4.98 Å². The van der Waals surface area contributed by atoms with Crippen LogP contribution in [0.2, 0.25) is 0 Å². The van der Waals surface area contributed by atoms with Gasteiger partial charge >= 0.3 is 5.97 Å². The van der Waals surface area contributed by atoms with Gasteiger partial charge in [0.05, 0.1) is 17.5 Å². The third-order valence-corrected chi connectivity index (χ3v) is 2.94. The Morgan fingerprint density at radius 1 is 1.41 bits per heavy atom. The number of carboxylic acid groups (broad SMARTS) is 1. The second kappa shape index (κ2) is 4.08. The van der Waals surface area contributed by atoms with Crippen molar-refractivity contribution >= 4 is 23.0 Å². The van der Waals surface area contributed by atoms with Crippen molar-refractivity contribution in [3.05, 3.63) is 23.3 Å². The summed E-state index contributed by atoms with van der Waals surface area (Å²) in [5.74, 6) is -0.471. The molecule has 2 aromatic rings. The third kappa shape index (κ3) is 2.08. The number of aliphatic carboxylic acids is 1. The van der Waals surface area contributed by atoms with Crippen molar-refractivity contribution in [1.82, 2.24) is 9.55 Å². The Morgan fingerprint density at radius 3 is 2.71 bits per heavy atom. The average molecular weight is 233 g/mol. The molecular weight excluding hydrogens is 218 g/mol. The third-order valence-electron chi connectivity index (χ3n) is 2.94. The van der Waals surface area contributed by atoms with Crippen LogP contribution in [0.5, 0.6) is 0 Å². The fraction of sp³-hybridized carbons (Fsp3) is 0.333. The average Bonchev–Trinajstić information content (AvgIpc) is 2.52. The van der Waals surface area contributed by atoms with Crippen LogP contribution in [0.4, 0.5) is 5.95 Å². The molecular formula is C12H15N3O2. The van der Waals surface area contributed by atoms with E-state index in [9.17, 15) is 4.79 Å². The summed E-state index contributed by atoms with van der Waals surface area (Å²) in [6.45, 7) is 4.38. The maximum atomic E-state index is 10.6. The number of nitrogen functional groups attached to an aromatic ring is 1. The second-order valence-electron chi connectivity index (χ2n) is 4.19. The SMILES string of the molecule is Cc1cc2nc(N)n(CCC(=O)O)c2cc1C. The Bertz CT molecular complexity index is 587. The molecule has 1 aromatic heterocycles. The van der Waals surface area contributed by atoms with Gasteiger partial charge in [0.2, 0.25) is 5.95 Å². The van der Waals surface area contributed by atoms with Gasteiger partial charge in [0.1, 0.15) is 0 Å². The van der Waals surface area contributed by atoms with Gasteiger partial charge < -0.3 is 15.4 Å². The molecule has 90 valence electrons. The van der Waals surface area contributed by atoms with Crippen LogP contribution in [0.25, 0.3) is 11.0 Å². The van der Waals surface area contributed by atoms with E-state index >= 15 is 0 Å². The number of carbonyl (C=O) groups is 1.